The molecule has 33 heavy (non-hydrogen) atoms. The van der Waals surface area contributed by atoms with Crippen molar-refractivity contribution in [2.24, 2.45) is 5.73 Å². The number of rotatable bonds is 7. The summed E-state index contributed by atoms with van der Waals surface area (Å²) in [6, 6.07) is 6.52. The number of aromatic nitrogens is 1. The molecule has 0 amide bonds. The first kappa shape index (κ1) is 27.7. The van der Waals surface area contributed by atoms with Gasteiger partial charge in [0, 0.05) is 12.1 Å². The van der Waals surface area contributed by atoms with Crippen molar-refractivity contribution in [3.63, 3.8) is 0 Å². The molecule has 0 fully saturated rings. The normalized spacial score (nSPS) is 15.5. The van der Waals surface area contributed by atoms with Gasteiger partial charge in [-0.15, -0.1) is 0 Å². The maximum Gasteiger partial charge on any atom is 0.424 e. The van der Waals surface area contributed by atoms with E-state index < -0.39 is 48.6 Å². The number of benzene rings is 1. The molecule has 10 heteroatoms. The highest BCUT2D eigenvalue weighted by atomic mass is 35.5. The summed E-state index contributed by atoms with van der Waals surface area (Å²) in [7, 11) is -2.63. The first-order valence-electron chi connectivity index (χ1n) is 10.5. The van der Waals surface area contributed by atoms with Gasteiger partial charge in [0.1, 0.15) is 5.82 Å². The van der Waals surface area contributed by atoms with Crippen LogP contribution in [0.5, 0.6) is 0 Å². The number of nitrogens with zero attached hydrogens (tertiary/aromatic N) is 1. The van der Waals surface area contributed by atoms with Crippen molar-refractivity contribution in [3.05, 3.63) is 52.4 Å². The molecule has 0 saturated carbocycles. The summed E-state index contributed by atoms with van der Waals surface area (Å²) in [5, 5.41) is 9.83. The van der Waals surface area contributed by atoms with Crippen LogP contribution in [0.25, 0.3) is 11.3 Å². The van der Waals surface area contributed by atoms with E-state index in [-0.39, 0.29) is 16.3 Å². The number of nitrogens with two attached hydrogens (primary N) is 1. The molecule has 0 aliphatic rings. The summed E-state index contributed by atoms with van der Waals surface area (Å²) in [4.78, 5) is 14.8. The van der Waals surface area contributed by atoms with Crippen molar-refractivity contribution >= 4 is 19.9 Å². The van der Waals surface area contributed by atoms with Crippen molar-refractivity contribution in [3.8, 4) is 11.3 Å². The summed E-state index contributed by atoms with van der Waals surface area (Å²) in [5.41, 5.74) is 1.46. The Morgan fingerprint density at radius 1 is 1.06 bits per heavy atom. The molecule has 1 atom stereocenters. The molecule has 0 radical (unpaired) electrons. The molecule has 0 aliphatic heterocycles. The van der Waals surface area contributed by atoms with E-state index in [4.69, 9.17) is 17.3 Å². The molecule has 184 valence electrons. The molecule has 0 spiro atoms. The maximum atomic E-state index is 13.8. The van der Waals surface area contributed by atoms with E-state index in [9.17, 15) is 27.5 Å². The Labute approximate surface area is 197 Å². The van der Waals surface area contributed by atoms with E-state index in [1.54, 1.807) is 6.07 Å². The third kappa shape index (κ3) is 5.59. The molecule has 1 aromatic heterocycles. The lowest BCUT2D eigenvalue weighted by Crippen LogP contribution is -2.49. The molecular weight excluding hydrogens is 476 g/mol. The lowest BCUT2D eigenvalue weighted by molar-refractivity contribution is -0.263. The van der Waals surface area contributed by atoms with Crippen LogP contribution in [0.3, 0.4) is 0 Å². The number of alkyl halides is 3. The molecule has 4 nitrogen and oxygen atoms in total. The average molecular weight is 507 g/mol. The van der Waals surface area contributed by atoms with E-state index in [1.165, 1.54) is 18.2 Å². The molecule has 1 aromatic carbocycles. The van der Waals surface area contributed by atoms with Gasteiger partial charge in [-0.2, -0.15) is 13.2 Å². The smallest absolute Gasteiger partial charge is 0.424 e. The third-order valence-corrected chi connectivity index (χ3v) is 10.3. The number of aliphatic hydroxyl groups is 1. The minimum absolute atomic E-state index is 0.0897. The van der Waals surface area contributed by atoms with Crippen LogP contribution in [-0.4, -0.2) is 35.9 Å². The Bertz CT molecular complexity index is 1020. The van der Waals surface area contributed by atoms with Crippen molar-refractivity contribution in [1.29, 1.82) is 0 Å². The fourth-order valence-electron chi connectivity index (χ4n) is 3.73. The number of hydrogen-bond acceptors (Lipinski definition) is 4. The minimum atomic E-state index is -5.07. The largest absolute Gasteiger partial charge is 0.432 e. The lowest BCUT2D eigenvalue weighted by atomic mass is 9.76. The summed E-state index contributed by atoms with van der Waals surface area (Å²) < 4.78 is 55.2. The predicted octanol–water partition coefficient (Wildman–Crippen LogP) is 5.90. The number of hydrogen-bond donors (Lipinski definition) is 3. The van der Waals surface area contributed by atoms with Crippen LogP contribution in [0.4, 0.5) is 17.6 Å². The monoisotopic (exact) mass is 506 g/mol. The standard InChI is InChI=1S/C23H31ClF4N2O2Si/c1-20(2,12-21(3,4)33(5,6)32)15-10-18(14-7-8-17(25)16(24)9-14)30-19(11-15)22(31,13-29)23(26,27)28/h7-11,31-32H,12-13,29H2,1-6H3. The van der Waals surface area contributed by atoms with E-state index >= 15 is 0 Å². The quantitative estimate of drug-likeness (QED) is 0.323. The lowest BCUT2D eigenvalue weighted by Gasteiger charge is -2.42. The highest BCUT2D eigenvalue weighted by Crippen LogP contribution is 2.48. The average Bonchev–Trinajstić information content (AvgIpc) is 2.66. The molecule has 2 rings (SSSR count). The van der Waals surface area contributed by atoms with E-state index in [0.29, 0.717) is 12.0 Å². The Morgan fingerprint density at radius 3 is 2.09 bits per heavy atom. The van der Waals surface area contributed by atoms with Crippen molar-refractivity contribution in [1.82, 2.24) is 4.98 Å². The van der Waals surface area contributed by atoms with Gasteiger partial charge < -0.3 is 15.6 Å². The molecule has 2 aromatic rings. The maximum absolute atomic E-state index is 13.8. The van der Waals surface area contributed by atoms with Gasteiger partial charge in [0.25, 0.3) is 0 Å². The van der Waals surface area contributed by atoms with Gasteiger partial charge >= 0.3 is 6.18 Å². The fraction of sp³-hybridized carbons (Fsp3) is 0.522. The second kappa shape index (κ2) is 8.92. The Balaban J connectivity index is 2.79. The molecular formula is C23H31ClF4N2O2Si. The highest BCUT2D eigenvalue weighted by Gasteiger charge is 2.55. The van der Waals surface area contributed by atoms with Crippen LogP contribution in [0, 0.1) is 5.82 Å². The molecule has 0 aliphatic carbocycles. The molecule has 1 heterocycles. The van der Waals surface area contributed by atoms with E-state index in [0.717, 1.165) is 6.07 Å². The molecule has 1 unspecified atom stereocenters. The fourth-order valence-corrected chi connectivity index (χ4v) is 4.78. The zero-order valence-corrected chi connectivity index (χ0v) is 21.4. The first-order chi connectivity index (χ1) is 14.7. The molecule has 0 saturated heterocycles. The van der Waals surface area contributed by atoms with Gasteiger partial charge in [0.2, 0.25) is 5.60 Å². The molecule has 0 bridgehead atoms. The zero-order chi connectivity index (χ0) is 25.6. The topological polar surface area (TPSA) is 79.4 Å². The number of pyridine rings is 1. The SMILES string of the molecule is CC(C)(CC(C)(C)[Si](C)(C)O)c1cc(-c2ccc(F)c(Cl)c2)nc(C(O)(CN)C(F)(F)F)c1. The van der Waals surface area contributed by atoms with Crippen LogP contribution in [0.2, 0.25) is 23.2 Å². The van der Waals surface area contributed by atoms with Crippen LogP contribution in [0.1, 0.15) is 45.4 Å². The van der Waals surface area contributed by atoms with Gasteiger partial charge in [-0.05, 0) is 65.9 Å². The Hall–Kier alpha value is -1.52. The second-order valence-electron chi connectivity index (χ2n) is 10.3. The van der Waals surface area contributed by atoms with Crippen molar-refractivity contribution < 1.29 is 27.5 Å². The van der Waals surface area contributed by atoms with Gasteiger partial charge in [0.15, 0.2) is 8.32 Å². The van der Waals surface area contributed by atoms with Crippen LogP contribution < -0.4 is 5.73 Å². The summed E-state index contributed by atoms with van der Waals surface area (Å²) in [6.07, 6.45) is -4.62. The third-order valence-electron chi connectivity index (χ3n) is 6.55. The minimum Gasteiger partial charge on any atom is -0.432 e. The van der Waals surface area contributed by atoms with Crippen LogP contribution >= 0.6 is 11.6 Å². The van der Waals surface area contributed by atoms with Gasteiger partial charge in [-0.1, -0.05) is 39.3 Å². The Kier molecular flexibility index (Phi) is 7.50. The summed E-state index contributed by atoms with van der Waals surface area (Å²) in [6.45, 7) is 10.0. The van der Waals surface area contributed by atoms with Crippen LogP contribution in [-0.2, 0) is 11.0 Å². The number of halogens is 5. The Morgan fingerprint density at radius 2 is 1.64 bits per heavy atom. The first-order valence-corrected chi connectivity index (χ1v) is 13.8. The predicted molar refractivity (Wildman–Crippen MR) is 125 cm³/mol. The van der Waals surface area contributed by atoms with E-state index in [1.807, 2.05) is 40.8 Å². The van der Waals surface area contributed by atoms with Crippen LogP contribution in [0.15, 0.2) is 30.3 Å². The zero-order valence-electron chi connectivity index (χ0n) is 19.6. The summed E-state index contributed by atoms with van der Waals surface area (Å²) >= 11 is 5.88. The van der Waals surface area contributed by atoms with Crippen molar-refractivity contribution in [2.75, 3.05) is 6.54 Å². The van der Waals surface area contributed by atoms with E-state index in [2.05, 4.69) is 4.98 Å². The van der Waals surface area contributed by atoms with Crippen molar-refractivity contribution in [2.45, 2.75) is 69.4 Å². The van der Waals surface area contributed by atoms with Gasteiger partial charge in [-0.25, -0.2) is 9.37 Å². The highest BCUT2D eigenvalue weighted by molar-refractivity contribution is 6.72. The summed E-state index contributed by atoms with van der Waals surface area (Å²) in [5.74, 6) is -0.678. The second-order valence-corrected chi connectivity index (χ2v) is 15.2. The molecule has 4 N–H and O–H groups in total. The van der Waals surface area contributed by atoms with Gasteiger partial charge in [-0.3, -0.25) is 0 Å². The van der Waals surface area contributed by atoms with Gasteiger partial charge in [0.05, 0.1) is 16.4 Å².